The number of alkyl halides is 3. The molecule has 0 unspecified atom stereocenters. The Labute approximate surface area is 88.9 Å². The number of rotatable bonds is 0. The minimum Gasteiger partial charge on any atom is -0.318 e. The molecular weight excluding hydrogens is 219 g/mol. The zero-order valence-corrected chi connectivity index (χ0v) is 8.38. The van der Waals surface area contributed by atoms with Crippen molar-refractivity contribution >= 4 is 10.8 Å². The fourth-order valence-corrected chi connectivity index (χ4v) is 1.52. The highest BCUT2D eigenvalue weighted by atomic mass is 19.4. The van der Waals surface area contributed by atoms with Crippen LogP contribution in [0.3, 0.4) is 0 Å². The lowest BCUT2D eigenvalue weighted by molar-refractivity contribution is -0.137. The Morgan fingerprint density at radius 3 is 2.50 bits per heavy atom. The molecule has 0 radical (unpaired) electrons. The average molecular weight is 227 g/mol. The molecule has 0 aliphatic carbocycles. The summed E-state index contributed by atoms with van der Waals surface area (Å²) in [6.45, 7) is 0. The van der Waals surface area contributed by atoms with Gasteiger partial charge in [-0.1, -0.05) is 0 Å². The van der Waals surface area contributed by atoms with Crippen molar-refractivity contribution in [3.05, 3.63) is 46.4 Å². The maximum atomic E-state index is 12.4. The van der Waals surface area contributed by atoms with Crippen LogP contribution in [0.1, 0.15) is 5.56 Å². The van der Waals surface area contributed by atoms with Crippen LogP contribution < -0.4 is 5.56 Å². The summed E-state index contributed by atoms with van der Waals surface area (Å²) in [4.78, 5) is 11.6. The number of hydrogen-bond acceptors (Lipinski definition) is 1. The molecule has 1 heterocycles. The zero-order chi connectivity index (χ0) is 11.9. The van der Waals surface area contributed by atoms with Gasteiger partial charge in [-0.2, -0.15) is 13.2 Å². The van der Waals surface area contributed by atoms with E-state index in [0.717, 1.165) is 12.1 Å². The van der Waals surface area contributed by atoms with Crippen molar-refractivity contribution in [3.63, 3.8) is 0 Å². The topological polar surface area (TPSA) is 22.0 Å². The molecule has 0 aliphatic rings. The second kappa shape index (κ2) is 3.37. The predicted molar refractivity (Wildman–Crippen MR) is 54.2 cm³/mol. The van der Waals surface area contributed by atoms with E-state index in [0.29, 0.717) is 5.39 Å². The largest absolute Gasteiger partial charge is 0.416 e. The van der Waals surface area contributed by atoms with Gasteiger partial charge in [-0.15, -0.1) is 0 Å². The Morgan fingerprint density at radius 1 is 1.19 bits per heavy atom. The van der Waals surface area contributed by atoms with Gasteiger partial charge in [0.25, 0.3) is 5.56 Å². The first kappa shape index (κ1) is 10.7. The van der Waals surface area contributed by atoms with Crippen LogP contribution in [0.2, 0.25) is 0 Å². The zero-order valence-electron chi connectivity index (χ0n) is 8.38. The molecule has 84 valence electrons. The molecule has 0 aliphatic heterocycles. The molecule has 0 saturated carbocycles. The Kier molecular flexibility index (Phi) is 2.26. The molecule has 16 heavy (non-hydrogen) atoms. The molecule has 0 N–H and O–H groups in total. The number of aromatic nitrogens is 1. The van der Waals surface area contributed by atoms with Gasteiger partial charge in [-0.25, -0.2) is 0 Å². The average Bonchev–Trinajstić information content (AvgIpc) is 2.22. The van der Waals surface area contributed by atoms with Gasteiger partial charge >= 0.3 is 6.18 Å². The lowest BCUT2D eigenvalue weighted by atomic mass is 10.1. The van der Waals surface area contributed by atoms with Gasteiger partial charge in [0, 0.05) is 18.6 Å². The standard InChI is InChI=1S/C11H8F3NO/c1-15-5-4-7-6-8(11(12,13)14)2-3-9(7)10(15)16/h2-6H,1H3. The van der Waals surface area contributed by atoms with E-state index in [4.69, 9.17) is 0 Å². The number of hydrogen-bond donors (Lipinski definition) is 0. The Balaban J connectivity index is 2.75. The van der Waals surface area contributed by atoms with Crippen LogP contribution in [0.5, 0.6) is 0 Å². The first-order valence-electron chi connectivity index (χ1n) is 4.56. The van der Waals surface area contributed by atoms with Gasteiger partial charge in [0.05, 0.1) is 5.56 Å². The number of halogens is 3. The van der Waals surface area contributed by atoms with Crippen molar-refractivity contribution < 1.29 is 13.2 Å². The number of aryl methyl sites for hydroxylation is 1. The summed E-state index contributed by atoms with van der Waals surface area (Å²) in [7, 11) is 1.56. The molecule has 5 heteroatoms. The maximum Gasteiger partial charge on any atom is 0.416 e. The van der Waals surface area contributed by atoms with Gasteiger partial charge in [0.2, 0.25) is 0 Å². The van der Waals surface area contributed by atoms with E-state index in [9.17, 15) is 18.0 Å². The van der Waals surface area contributed by atoms with Crippen LogP contribution in [0.4, 0.5) is 13.2 Å². The van der Waals surface area contributed by atoms with Crippen molar-refractivity contribution in [2.24, 2.45) is 7.05 Å². The van der Waals surface area contributed by atoms with Crippen LogP contribution in [0.25, 0.3) is 10.8 Å². The number of pyridine rings is 1. The smallest absolute Gasteiger partial charge is 0.318 e. The second-order valence-corrected chi connectivity index (χ2v) is 3.53. The summed E-state index contributed by atoms with van der Waals surface area (Å²) in [5.74, 6) is 0. The minimum atomic E-state index is -4.38. The van der Waals surface area contributed by atoms with E-state index in [2.05, 4.69) is 0 Å². The molecule has 0 amide bonds. The highest BCUT2D eigenvalue weighted by Crippen LogP contribution is 2.30. The Hall–Kier alpha value is -1.78. The molecule has 0 bridgehead atoms. The second-order valence-electron chi connectivity index (χ2n) is 3.53. The quantitative estimate of drug-likeness (QED) is 0.678. The molecule has 2 aromatic rings. The Bertz CT molecular complexity index is 598. The van der Waals surface area contributed by atoms with E-state index in [-0.39, 0.29) is 10.9 Å². The molecule has 0 spiro atoms. The maximum absolute atomic E-state index is 12.4. The SMILES string of the molecule is Cn1ccc2cc(C(F)(F)F)ccc2c1=O. The predicted octanol–water partition coefficient (Wildman–Crippen LogP) is 2.56. The lowest BCUT2D eigenvalue weighted by Crippen LogP contribution is -2.16. The van der Waals surface area contributed by atoms with Gasteiger partial charge in [0.15, 0.2) is 0 Å². The van der Waals surface area contributed by atoms with E-state index >= 15 is 0 Å². The van der Waals surface area contributed by atoms with Gasteiger partial charge in [-0.05, 0) is 29.7 Å². The Morgan fingerprint density at radius 2 is 1.88 bits per heavy atom. The fraction of sp³-hybridized carbons (Fsp3) is 0.182. The highest BCUT2D eigenvalue weighted by Gasteiger charge is 2.30. The molecule has 0 atom stereocenters. The highest BCUT2D eigenvalue weighted by molar-refractivity contribution is 5.82. The number of benzene rings is 1. The lowest BCUT2D eigenvalue weighted by Gasteiger charge is -2.07. The van der Waals surface area contributed by atoms with Crippen LogP contribution in [0, 0.1) is 0 Å². The van der Waals surface area contributed by atoms with Crippen molar-refractivity contribution in [1.29, 1.82) is 0 Å². The molecule has 0 saturated heterocycles. The van der Waals surface area contributed by atoms with Crippen LogP contribution >= 0.6 is 0 Å². The molecule has 1 aromatic heterocycles. The van der Waals surface area contributed by atoms with Crippen LogP contribution in [-0.2, 0) is 13.2 Å². The molecule has 1 aromatic carbocycles. The summed E-state index contributed by atoms with van der Waals surface area (Å²) >= 11 is 0. The molecule has 2 rings (SSSR count). The number of nitrogens with zero attached hydrogens (tertiary/aromatic N) is 1. The summed E-state index contributed by atoms with van der Waals surface area (Å²) in [6.07, 6.45) is -2.93. The minimum absolute atomic E-state index is 0.290. The van der Waals surface area contributed by atoms with E-state index in [1.807, 2.05) is 0 Å². The monoisotopic (exact) mass is 227 g/mol. The van der Waals surface area contributed by atoms with Crippen molar-refractivity contribution in [2.75, 3.05) is 0 Å². The third kappa shape index (κ3) is 1.68. The fourth-order valence-electron chi connectivity index (χ4n) is 1.52. The third-order valence-electron chi connectivity index (χ3n) is 2.41. The summed E-state index contributed by atoms with van der Waals surface area (Å²) in [5, 5.41) is 0.593. The summed E-state index contributed by atoms with van der Waals surface area (Å²) in [6, 6.07) is 4.60. The molecule has 0 fully saturated rings. The van der Waals surface area contributed by atoms with E-state index in [1.165, 1.54) is 22.9 Å². The summed E-state index contributed by atoms with van der Waals surface area (Å²) in [5.41, 5.74) is -1.04. The normalized spacial score (nSPS) is 12.0. The van der Waals surface area contributed by atoms with Gasteiger partial charge < -0.3 is 4.57 Å². The molecule has 2 nitrogen and oxygen atoms in total. The van der Waals surface area contributed by atoms with E-state index < -0.39 is 11.7 Å². The van der Waals surface area contributed by atoms with Crippen molar-refractivity contribution in [3.8, 4) is 0 Å². The van der Waals surface area contributed by atoms with Crippen molar-refractivity contribution in [1.82, 2.24) is 4.57 Å². The third-order valence-corrected chi connectivity index (χ3v) is 2.41. The number of fused-ring (bicyclic) bond motifs is 1. The summed E-state index contributed by atoms with van der Waals surface area (Å²) < 4.78 is 38.6. The van der Waals surface area contributed by atoms with Crippen molar-refractivity contribution in [2.45, 2.75) is 6.18 Å². The van der Waals surface area contributed by atoms with E-state index in [1.54, 1.807) is 7.05 Å². The first-order chi connectivity index (χ1) is 7.39. The first-order valence-corrected chi connectivity index (χ1v) is 4.56. The van der Waals surface area contributed by atoms with Gasteiger partial charge in [-0.3, -0.25) is 4.79 Å². The molecular formula is C11H8F3NO. The van der Waals surface area contributed by atoms with Crippen LogP contribution in [0.15, 0.2) is 35.3 Å². The van der Waals surface area contributed by atoms with Crippen LogP contribution in [-0.4, -0.2) is 4.57 Å². The van der Waals surface area contributed by atoms with Gasteiger partial charge in [0.1, 0.15) is 0 Å².